The number of amides is 1. The molecule has 1 aliphatic heterocycles. The van der Waals surface area contributed by atoms with Crippen molar-refractivity contribution < 1.29 is 14.7 Å². The van der Waals surface area contributed by atoms with Crippen molar-refractivity contribution in [3.8, 4) is 0 Å². The van der Waals surface area contributed by atoms with Crippen LogP contribution >= 0.6 is 0 Å². The minimum Gasteiger partial charge on any atom is -0.409 e. The van der Waals surface area contributed by atoms with Gasteiger partial charge in [-0.15, -0.1) is 0 Å². The van der Waals surface area contributed by atoms with Crippen LogP contribution in [-0.4, -0.2) is 48.7 Å². The molecule has 1 aliphatic rings. The molecule has 0 saturated carbocycles. The molecule has 0 aromatic carbocycles. The van der Waals surface area contributed by atoms with Gasteiger partial charge in [0.15, 0.2) is 5.84 Å². The number of ether oxygens (including phenoxy) is 1. The number of unbranched alkanes of at least 4 members (excludes halogenated alkanes) is 1. The molecule has 1 saturated heterocycles. The molecular weight excluding hydrogens is 234 g/mol. The molecule has 0 spiro atoms. The number of carbonyl (C=O) groups is 1. The van der Waals surface area contributed by atoms with Crippen molar-refractivity contribution in [3.63, 3.8) is 0 Å². The third-order valence-corrected chi connectivity index (χ3v) is 3.55. The van der Waals surface area contributed by atoms with Crippen molar-refractivity contribution in [2.75, 3.05) is 26.8 Å². The molecule has 18 heavy (non-hydrogen) atoms. The zero-order chi connectivity index (χ0) is 13.6. The van der Waals surface area contributed by atoms with Crippen LogP contribution in [0.5, 0.6) is 0 Å². The Morgan fingerprint density at radius 3 is 2.61 bits per heavy atom. The summed E-state index contributed by atoms with van der Waals surface area (Å²) >= 11 is 0. The quantitative estimate of drug-likeness (QED) is 0.330. The lowest BCUT2D eigenvalue weighted by Crippen LogP contribution is -2.53. The van der Waals surface area contributed by atoms with E-state index in [1.165, 1.54) is 0 Å². The first-order valence-corrected chi connectivity index (χ1v) is 6.40. The monoisotopic (exact) mass is 257 g/mol. The van der Waals surface area contributed by atoms with Gasteiger partial charge in [-0.05, 0) is 19.3 Å². The number of carbonyl (C=O) groups excluding carboxylic acids is 1. The molecule has 0 aromatic rings. The number of rotatable bonds is 5. The smallest absolute Gasteiger partial charge is 0.236 e. The highest BCUT2D eigenvalue weighted by molar-refractivity contribution is 6.06. The number of nitrogens with zero attached hydrogens (tertiary/aromatic N) is 2. The summed E-state index contributed by atoms with van der Waals surface area (Å²) in [5.74, 6) is -0.0753. The van der Waals surface area contributed by atoms with Gasteiger partial charge in [0, 0.05) is 26.8 Å². The summed E-state index contributed by atoms with van der Waals surface area (Å²) < 4.78 is 5.27. The Labute approximate surface area is 108 Å². The lowest BCUT2D eigenvalue weighted by molar-refractivity contribution is -0.141. The minimum absolute atomic E-state index is 0.000788. The highest BCUT2D eigenvalue weighted by Gasteiger charge is 2.45. The number of nitrogens with two attached hydrogens (primary N) is 1. The van der Waals surface area contributed by atoms with Gasteiger partial charge in [-0.2, -0.15) is 0 Å². The van der Waals surface area contributed by atoms with Gasteiger partial charge in [0.1, 0.15) is 5.41 Å². The van der Waals surface area contributed by atoms with Gasteiger partial charge in [0.25, 0.3) is 0 Å². The topological polar surface area (TPSA) is 88.2 Å². The summed E-state index contributed by atoms with van der Waals surface area (Å²) in [4.78, 5) is 14.2. The highest BCUT2D eigenvalue weighted by atomic mass is 16.5. The molecule has 0 aromatic heterocycles. The van der Waals surface area contributed by atoms with Crippen LogP contribution in [0.15, 0.2) is 5.16 Å². The molecule has 0 bridgehead atoms. The molecule has 6 nitrogen and oxygen atoms in total. The van der Waals surface area contributed by atoms with E-state index in [1.54, 1.807) is 11.9 Å². The average Bonchev–Trinajstić information content (AvgIpc) is 2.43. The fraction of sp³-hybridized carbons (Fsp3) is 0.833. The molecule has 0 aliphatic carbocycles. The normalized spacial score (nSPS) is 19.6. The second-order valence-corrected chi connectivity index (χ2v) is 4.76. The van der Waals surface area contributed by atoms with Gasteiger partial charge >= 0.3 is 0 Å². The van der Waals surface area contributed by atoms with Gasteiger partial charge in [-0.3, -0.25) is 4.79 Å². The predicted molar refractivity (Wildman–Crippen MR) is 68.4 cm³/mol. The van der Waals surface area contributed by atoms with E-state index in [0.717, 1.165) is 12.8 Å². The second kappa shape index (κ2) is 6.58. The summed E-state index contributed by atoms with van der Waals surface area (Å²) in [6.45, 7) is 3.69. The fourth-order valence-corrected chi connectivity index (χ4v) is 2.26. The molecule has 0 radical (unpaired) electrons. The Kier molecular flexibility index (Phi) is 5.40. The predicted octanol–water partition coefficient (Wildman–Crippen LogP) is 0.788. The minimum atomic E-state index is -0.893. The second-order valence-electron chi connectivity index (χ2n) is 4.76. The van der Waals surface area contributed by atoms with Crippen LogP contribution in [0.3, 0.4) is 0 Å². The van der Waals surface area contributed by atoms with Crippen LogP contribution in [-0.2, 0) is 9.53 Å². The third-order valence-electron chi connectivity index (χ3n) is 3.55. The summed E-state index contributed by atoms with van der Waals surface area (Å²) in [5, 5.41) is 12.0. The van der Waals surface area contributed by atoms with Crippen molar-refractivity contribution in [2.45, 2.75) is 32.6 Å². The summed E-state index contributed by atoms with van der Waals surface area (Å²) in [7, 11) is 1.76. The van der Waals surface area contributed by atoms with Crippen molar-refractivity contribution in [1.82, 2.24) is 4.90 Å². The summed E-state index contributed by atoms with van der Waals surface area (Å²) in [6, 6.07) is 0. The van der Waals surface area contributed by atoms with E-state index in [4.69, 9.17) is 15.7 Å². The van der Waals surface area contributed by atoms with E-state index in [0.29, 0.717) is 32.6 Å². The summed E-state index contributed by atoms with van der Waals surface area (Å²) in [6.07, 6.45) is 2.92. The molecular formula is C12H23N3O3. The van der Waals surface area contributed by atoms with Crippen LogP contribution < -0.4 is 5.73 Å². The molecule has 0 unspecified atom stereocenters. The van der Waals surface area contributed by atoms with Crippen molar-refractivity contribution in [1.29, 1.82) is 0 Å². The van der Waals surface area contributed by atoms with E-state index in [9.17, 15) is 4.79 Å². The number of amidine groups is 1. The van der Waals surface area contributed by atoms with Gasteiger partial charge < -0.3 is 20.6 Å². The Bertz CT molecular complexity index is 312. The maximum absolute atomic E-state index is 12.5. The molecule has 1 rings (SSSR count). The third kappa shape index (κ3) is 2.93. The largest absolute Gasteiger partial charge is 0.409 e. The number of oxime groups is 1. The lowest BCUT2D eigenvalue weighted by Gasteiger charge is -2.37. The first-order chi connectivity index (χ1) is 8.58. The van der Waals surface area contributed by atoms with Crippen LogP contribution in [0.4, 0.5) is 0 Å². The van der Waals surface area contributed by atoms with Crippen LogP contribution in [0.25, 0.3) is 0 Å². The molecule has 1 fully saturated rings. The van der Waals surface area contributed by atoms with Crippen molar-refractivity contribution in [2.24, 2.45) is 16.3 Å². The Hall–Kier alpha value is -1.30. The molecule has 3 N–H and O–H groups in total. The first kappa shape index (κ1) is 14.8. The maximum Gasteiger partial charge on any atom is 0.236 e. The van der Waals surface area contributed by atoms with E-state index in [1.807, 2.05) is 0 Å². The van der Waals surface area contributed by atoms with E-state index < -0.39 is 5.41 Å². The molecule has 1 heterocycles. The fourth-order valence-electron chi connectivity index (χ4n) is 2.26. The average molecular weight is 257 g/mol. The van der Waals surface area contributed by atoms with E-state index in [-0.39, 0.29) is 11.7 Å². The van der Waals surface area contributed by atoms with Gasteiger partial charge in [-0.1, -0.05) is 18.5 Å². The van der Waals surface area contributed by atoms with Crippen LogP contribution in [0.2, 0.25) is 0 Å². The molecule has 1 amide bonds. The molecule has 104 valence electrons. The number of hydrogen-bond acceptors (Lipinski definition) is 4. The standard InChI is InChI=1S/C12H23N3O3/c1-3-4-7-15(2)11(16)12(10(13)14-17)5-8-18-9-6-12/h17H,3-9H2,1-2H3,(H2,13,14). The van der Waals surface area contributed by atoms with Crippen molar-refractivity contribution in [3.05, 3.63) is 0 Å². The zero-order valence-electron chi connectivity index (χ0n) is 11.2. The highest BCUT2D eigenvalue weighted by Crippen LogP contribution is 2.33. The van der Waals surface area contributed by atoms with Gasteiger partial charge in [-0.25, -0.2) is 0 Å². The van der Waals surface area contributed by atoms with E-state index >= 15 is 0 Å². The Balaban J connectivity index is 2.86. The zero-order valence-corrected chi connectivity index (χ0v) is 11.2. The van der Waals surface area contributed by atoms with Crippen molar-refractivity contribution >= 4 is 11.7 Å². The Morgan fingerprint density at radius 1 is 1.50 bits per heavy atom. The number of hydrogen-bond donors (Lipinski definition) is 2. The van der Waals surface area contributed by atoms with Gasteiger partial charge in [0.05, 0.1) is 0 Å². The SMILES string of the molecule is CCCCN(C)C(=O)C1(C(N)=NO)CCOCC1. The van der Waals surface area contributed by atoms with E-state index in [2.05, 4.69) is 12.1 Å². The maximum atomic E-state index is 12.5. The van der Waals surface area contributed by atoms with Gasteiger partial charge in [0.2, 0.25) is 5.91 Å². The van der Waals surface area contributed by atoms with Crippen LogP contribution in [0, 0.1) is 5.41 Å². The molecule has 0 atom stereocenters. The Morgan fingerprint density at radius 2 is 2.11 bits per heavy atom. The molecule has 6 heteroatoms. The van der Waals surface area contributed by atoms with Crippen LogP contribution in [0.1, 0.15) is 32.6 Å². The lowest BCUT2D eigenvalue weighted by atomic mass is 9.77. The first-order valence-electron chi connectivity index (χ1n) is 6.40. The summed E-state index contributed by atoms with van der Waals surface area (Å²) in [5.41, 5.74) is 4.85.